The van der Waals surface area contributed by atoms with Crippen LogP contribution in [0.1, 0.15) is 18.1 Å². The molecule has 0 aliphatic carbocycles. The molecule has 0 aliphatic heterocycles. The zero-order valence-corrected chi connectivity index (χ0v) is 14.4. The largest absolute Gasteiger partial charge is 0.466 e. The summed E-state index contributed by atoms with van der Waals surface area (Å²) >= 11 is 3.48. The molecular formula is C17H18BBrO3. The van der Waals surface area contributed by atoms with Crippen molar-refractivity contribution < 1.29 is 14.3 Å². The molecule has 0 aromatic heterocycles. The summed E-state index contributed by atoms with van der Waals surface area (Å²) in [6.07, 6.45) is 0.254. The molecule has 0 saturated carbocycles. The van der Waals surface area contributed by atoms with Crippen LogP contribution in [0.2, 0.25) is 0 Å². The van der Waals surface area contributed by atoms with Crippen molar-refractivity contribution in [2.24, 2.45) is 0 Å². The lowest BCUT2D eigenvalue weighted by Gasteiger charge is -2.11. The minimum absolute atomic E-state index is 0.226. The summed E-state index contributed by atoms with van der Waals surface area (Å²) in [4.78, 5) is 11.6. The molecule has 0 atom stereocenters. The van der Waals surface area contributed by atoms with Crippen LogP contribution >= 0.6 is 15.9 Å². The number of alkyl halides is 1. The van der Waals surface area contributed by atoms with Gasteiger partial charge in [0.15, 0.2) is 0 Å². The van der Waals surface area contributed by atoms with E-state index in [0.29, 0.717) is 12.4 Å². The summed E-state index contributed by atoms with van der Waals surface area (Å²) in [5.74, 6) is 1.31. The first-order valence-electron chi connectivity index (χ1n) is 7.20. The number of carbonyl (C=O) groups is 1. The fourth-order valence-corrected chi connectivity index (χ4v) is 2.58. The average Bonchev–Trinajstić information content (AvgIpc) is 2.49. The molecule has 114 valence electrons. The van der Waals surface area contributed by atoms with Crippen LogP contribution in [0.25, 0.3) is 0 Å². The zero-order chi connectivity index (χ0) is 15.9. The van der Waals surface area contributed by atoms with E-state index in [1.54, 1.807) is 6.92 Å². The lowest BCUT2D eigenvalue weighted by Crippen LogP contribution is -2.07. The van der Waals surface area contributed by atoms with Gasteiger partial charge in [0.2, 0.25) is 0 Å². The molecule has 5 heteroatoms. The third-order valence-electron chi connectivity index (χ3n) is 3.14. The SMILES string of the molecule is Bc1ccc(Oc2cccc(CC(=O)OCC)c2)c(CBr)c1. The third kappa shape index (κ3) is 4.63. The number of hydrogen-bond acceptors (Lipinski definition) is 3. The maximum atomic E-state index is 11.6. The number of hydrogen-bond donors (Lipinski definition) is 0. The zero-order valence-electron chi connectivity index (χ0n) is 12.8. The Morgan fingerprint density at radius 2 is 2.05 bits per heavy atom. The van der Waals surface area contributed by atoms with E-state index in [1.165, 1.54) is 5.46 Å². The van der Waals surface area contributed by atoms with Gasteiger partial charge in [-0.2, -0.15) is 0 Å². The Morgan fingerprint density at radius 3 is 2.77 bits per heavy atom. The van der Waals surface area contributed by atoms with Crippen LogP contribution in [0.5, 0.6) is 11.5 Å². The Morgan fingerprint density at radius 1 is 1.23 bits per heavy atom. The molecule has 0 N–H and O–H groups in total. The number of rotatable bonds is 6. The Kier molecular flexibility index (Phi) is 6.07. The highest BCUT2D eigenvalue weighted by Crippen LogP contribution is 2.26. The predicted molar refractivity (Wildman–Crippen MR) is 94.1 cm³/mol. The van der Waals surface area contributed by atoms with Gasteiger partial charge in [-0.05, 0) is 30.7 Å². The molecule has 2 aromatic rings. The van der Waals surface area contributed by atoms with Crippen LogP contribution in [0.3, 0.4) is 0 Å². The molecule has 0 aliphatic rings. The van der Waals surface area contributed by atoms with E-state index >= 15 is 0 Å². The third-order valence-corrected chi connectivity index (χ3v) is 3.74. The van der Waals surface area contributed by atoms with Gasteiger partial charge in [-0.1, -0.05) is 45.7 Å². The molecular weight excluding hydrogens is 343 g/mol. The quantitative estimate of drug-likeness (QED) is 0.451. The molecule has 0 heterocycles. The first-order chi connectivity index (χ1) is 10.6. The first-order valence-corrected chi connectivity index (χ1v) is 8.32. The Bertz CT molecular complexity index is 658. The summed E-state index contributed by atoms with van der Waals surface area (Å²) < 4.78 is 10.9. The highest BCUT2D eigenvalue weighted by atomic mass is 79.9. The van der Waals surface area contributed by atoms with E-state index in [4.69, 9.17) is 9.47 Å². The lowest BCUT2D eigenvalue weighted by molar-refractivity contribution is -0.142. The van der Waals surface area contributed by atoms with Crippen LogP contribution in [0.4, 0.5) is 0 Å². The van der Waals surface area contributed by atoms with Gasteiger partial charge in [0, 0.05) is 10.9 Å². The molecule has 22 heavy (non-hydrogen) atoms. The average molecular weight is 361 g/mol. The molecule has 2 aromatic carbocycles. The molecule has 2 rings (SSSR count). The highest BCUT2D eigenvalue weighted by molar-refractivity contribution is 9.08. The van der Waals surface area contributed by atoms with Crippen LogP contribution < -0.4 is 10.2 Å². The standard InChI is InChI=1S/C17H18BBrO3/c1-2-21-17(20)9-12-4-3-5-15(8-12)22-16-7-6-14(18)10-13(16)11-19/h3-8,10H,2,9,11,18H2,1H3. The van der Waals surface area contributed by atoms with Gasteiger partial charge in [0.1, 0.15) is 19.3 Å². The maximum Gasteiger partial charge on any atom is 0.310 e. The van der Waals surface area contributed by atoms with Crippen molar-refractivity contribution >= 4 is 35.2 Å². The number of esters is 1. The van der Waals surface area contributed by atoms with Gasteiger partial charge in [0.05, 0.1) is 13.0 Å². The molecule has 0 spiro atoms. The second kappa shape index (κ2) is 8.04. The number of halogens is 1. The smallest absolute Gasteiger partial charge is 0.310 e. The van der Waals surface area contributed by atoms with E-state index in [1.807, 2.05) is 36.4 Å². The van der Waals surface area contributed by atoms with Crippen molar-refractivity contribution in [2.45, 2.75) is 18.7 Å². The first kappa shape index (κ1) is 16.6. The van der Waals surface area contributed by atoms with Crippen molar-refractivity contribution in [1.82, 2.24) is 0 Å². The summed E-state index contributed by atoms with van der Waals surface area (Å²) in [5.41, 5.74) is 3.16. The van der Waals surface area contributed by atoms with Crippen LogP contribution in [-0.4, -0.2) is 20.4 Å². The Labute approximate surface area is 140 Å². The summed E-state index contributed by atoms with van der Waals surface area (Å²) in [7, 11) is 2.05. The fraction of sp³-hybridized carbons (Fsp3) is 0.235. The van der Waals surface area contributed by atoms with E-state index in [0.717, 1.165) is 22.2 Å². The van der Waals surface area contributed by atoms with Gasteiger partial charge in [-0.15, -0.1) is 0 Å². The van der Waals surface area contributed by atoms with Crippen LogP contribution in [0, 0.1) is 0 Å². The molecule has 0 amide bonds. The monoisotopic (exact) mass is 360 g/mol. The van der Waals surface area contributed by atoms with Gasteiger partial charge < -0.3 is 9.47 Å². The molecule has 0 fully saturated rings. The van der Waals surface area contributed by atoms with Crippen molar-refractivity contribution in [3.63, 3.8) is 0 Å². The minimum Gasteiger partial charge on any atom is -0.466 e. The number of benzene rings is 2. The van der Waals surface area contributed by atoms with Crippen molar-refractivity contribution in [1.29, 1.82) is 0 Å². The molecule has 0 unspecified atom stereocenters. The van der Waals surface area contributed by atoms with Crippen LogP contribution in [-0.2, 0) is 21.3 Å². The highest BCUT2D eigenvalue weighted by Gasteiger charge is 2.07. The topological polar surface area (TPSA) is 35.5 Å². The van der Waals surface area contributed by atoms with Gasteiger partial charge in [0.25, 0.3) is 0 Å². The molecule has 3 nitrogen and oxygen atoms in total. The second-order valence-electron chi connectivity index (χ2n) is 4.98. The number of carbonyl (C=O) groups excluding carboxylic acids is 1. The van der Waals surface area contributed by atoms with Crippen molar-refractivity contribution in [2.75, 3.05) is 6.61 Å². The molecule has 0 radical (unpaired) electrons. The Balaban J connectivity index is 2.15. The van der Waals surface area contributed by atoms with E-state index in [9.17, 15) is 4.79 Å². The second-order valence-corrected chi connectivity index (χ2v) is 5.54. The number of ether oxygens (including phenoxy) is 2. The fourth-order valence-electron chi connectivity index (χ4n) is 2.14. The lowest BCUT2D eigenvalue weighted by atomic mass is 9.94. The predicted octanol–water partition coefficient (Wildman–Crippen LogP) is 2.74. The normalized spacial score (nSPS) is 10.3. The molecule has 0 bridgehead atoms. The van der Waals surface area contributed by atoms with Crippen LogP contribution in [0.15, 0.2) is 42.5 Å². The molecule has 0 saturated heterocycles. The van der Waals surface area contributed by atoms with Crippen molar-refractivity contribution in [3.8, 4) is 11.5 Å². The van der Waals surface area contributed by atoms with Crippen molar-refractivity contribution in [3.05, 3.63) is 53.6 Å². The summed E-state index contributed by atoms with van der Waals surface area (Å²) in [6.45, 7) is 2.20. The maximum absolute atomic E-state index is 11.6. The minimum atomic E-state index is -0.226. The van der Waals surface area contributed by atoms with Gasteiger partial charge in [-0.3, -0.25) is 4.79 Å². The van der Waals surface area contributed by atoms with Gasteiger partial charge >= 0.3 is 5.97 Å². The van der Waals surface area contributed by atoms with E-state index in [-0.39, 0.29) is 12.4 Å². The summed E-state index contributed by atoms with van der Waals surface area (Å²) in [6, 6.07) is 13.6. The Hall–Kier alpha value is -1.75. The van der Waals surface area contributed by atoms with Gasteiger partial charge in [-0.25, -0.2) is 0 Å². The van der Waals surface area contributed by atoms with E-state index < -0.39 is 0 Å². The summed E-state index contributed by atoms with van der Waals surface area (Å²) in [5, 5.41) is 0.729. The van der Waals surface area contributed by atoms with E-state index in [2.05, 4.69) is 29.8 Å².